The van der Waals surface area contributed by atoms with Gasteiger partial charge < -0.3 is 20.4 Å². The van der Waals surface area contributed by atoms with Gasteiger partial charge in [-0.05, 0) is 50.6 Å². The minimum Gasteiger partial charge on any atom is -0.458 e. The Morgan fingerprint density at radius 3 is 2.68 bits per heavy atom. The van der Waals surface area contributed by atoms with E-state index >= 15 is 0 Å². The topological polar surface area (TPSA) is 105 Å². The highest BCUT2D eigenvalue weighted by molar-refractivity contribution is 5.91. The number of benzene rings is 1. The molecule has 0 unspecified atom stereocenters. The Hall–Kier alpha value is -3.85. The van der Waals surface area contributed by atoms with Crippen LogP contribution >= 0.6 is 0 Å². The zero-order valence-electron chi connectivity index (χ0n) is 19.2. The van der Waals surface area contributed by atoms with Crippen LogP contribution in [0.15, 0.2) is 59.6 Å². The lowest BCUT2D eigenvalue weighted by atomic mass is 10.2. The highest BCUT2D eigenvalue weighted by Crippen LogP contribution is 2.36. The number of anilines is 3. The minimum absolute atomic E-state index is 0.105. The first-order valence-electron chi connectivity index (χ1n) is 11.6. The molecule has 2 aliphatic heterocycles. The highest BCUT2D eigenvalue weighted by Gasteiger charge is 2.43. The van der Waals surface area contributed by atoms with Gasteiger partial charge in [0, 0.05) is 60.5 Å². The van der Waals surface area contributed by atoms with E-state index in [1.165, 1.54) is 18.4 Å². The number of imidazole rings is 1. The molecule has 3 aromatic heterocycles. The molecule has 0 radical (unpaired) electrons. The zero-order chi connectivity index (χ0) is 23.4. The number of fused-ring (bicyclic) bond motifs is 3. The number of nitrogens with one attached hydrogen (secondary N) is 1. The van der Waals surface area contributed by atoms with Crippen LogP contribution in [0.1, 0.15) is 30.8 Å². The number of aromatic nitrogens is 3. The summed E-state index contributed by atoms with van der Waals surface area (Å²) in [7, 11) is 0. The molecule has 3 N–H and O–H groups in total. The maximum atomic E-state index is 11.4. The van der Waals surface area contributed by atoms with Crippen LogP contribution in [0.5, 0.6) is 0 Å². The average molecular weight is 458 g/mol. The summed E-state index contributed by atoms with van der Waals surface area (Å²) < 4.78 is 7.17. The van der Waals surface area contributed by atoms with Crippen molar-refractivity contribution in [3.05, 3.63) is 60.9 Å². The predicted molar refractivity (Wildman–Crippen MR) is 130 cm³/mol. The molecule has 1 amide bonds. The van der Waals surface area contributed by atoms with Crippen LogP contribution in [0, 0.1) is 0 Å². The molecule has 2 aliphatic rings. The van der Waals surface area contributed by atoms with Gasteiger partial charge in [0.2, 0.25) is 0 Å². The van der Waals surface area contributed by atoms with Gasteiger partial charge in [-0.3, -0.25) is 14.1 Å². The summed E-state index contributed by atoms with van der Waals surface area (Å²) in [6.45, 7) is 6.82. The fourth-order valence-corrected chi connectivity index (χ4v) is 5.34. The van der Waals surface area contributed by atoms with Crippen molar-refractivity contribution < 1.29 is 9.21 Å². The Morgan fingerprint density at radius 1 is 1.18 bits per heavy atom. The van der Waals surface area contributed by atoms with E-state index in [2.05, 4.69) is 63.2 Å². The van der Waals surface area contributed by atoms with Crippen molar-refractivity contribution in [2.75, 3.05) is 23.3 Å². The number of piperazine rings is 1. The number of furan rings is 1. The number of hydrogen-bond acceptors (Lipinski definition) is 7. The molecule has 2 atom stereocenters. The van der Waals surface area contributed by atoms with Gasteiger partial charge in [-0.25, -0.2) is 9.97 Å². The van der Waals surface area contributed by atoms with E-state index < -0.39 is 5.91 Å². The van der Waals surface area contributed by atoms with Crippen molar-refractivity contribution in [1.82, 2.24) is 19.3 Å². The van der Waals surface area contributed by atoms with Crippen LogP contribution in [0.4, 0.5) is 17.2 Å². The van der Waals surface area contributed by atoms with Gasteiger partial charge in [0.05, 0.1) is 11.9 Å². The molecule has 2 fully saturated rings. The highest BCUT2D eigenvalue weighted by atomic mass is 16.3. The number of primary amides is 1. The number of carbonyl (C=O) groups excluding carboxylic acids is 1. The predicted octanol–water partition coefficient (Wildman–Crippen LogP) is 3.50. The molecule has 5 heterocycles. The number of amides is 1. The van der Waals surface area contributed by atoms with Crippen LogP contribution in [0.2, 0.25) is 0 Å². The van der Waals surface area contributed by atoms with Crippen molar-refractivity contribution in [2.24, 2.45) is 5.73 Å². The lowest BCUT2D eigenvalue weighted by molar-refractivity contribution is 0.0974. The van der Waals surface area contributed by atoms with Gasteiger partial charge in [0.15, 0.2) is 17.2 Å². The van der Waals surface area contributed by atoms with E-state index in [4.69, 9.17) is 10.2 Å². The van der Waals surface area contributed by atoms with E-state index in [0.29, 0.717) is 35.2 Å². The number of carbonyl (C=O) groups is 1. The van der Waals surface area contributed by atoms with E-state index in [-0.39, 0.29) is 5.76 Å². The van der Waals surface area contributed by atoms with Crippen molar-refractivity contribution in [1.29, 1.82) is 0 Å². The normalized spacial score (nSPS) is 20.0. The largest absolute Gasteiger partial charge is 0.458 e. The van der Waals surface area contributed by atoms with E-state index in [0.717, 1.165) is 24.5 Å². The van der Waals surface area contributed by atoms with Crippen LogP contribution in [-0.2, 0) is 0 Å². The first-order valence-corrected chi connectivity index (χ1v) is 11.6. The lowest BCUT2D eigenvalue weighted by Crippen LogP contribution is -2.48. The second-order valence-corrected chi connectivity index (χ2v) is 9.33. The number of rotatable bonds is 6. The van der Waals surface area contributed by atoms with E-state index in [9.17, 15) is 4.79 Å². The molecule has 0 saturated carbocycles. The summed E-state index contributed by atoms with van der Waals surface area (Å²) in [5, 5.41) is 3.39. The Morgan fingerprint density at radius 2 is 2.00 bits per heavy atom. The third-order valence-corrected chi connectivity index (χ3v) is 6.97. The number of likely N-dealkylation sites (tertiary alicyclic amines) is 1. The molecule has 2 saturated heterocycles. The van der Waals surface area contributed by atoms with Crippen LogP contribution < -0.4 is 16.0 Å². The molecule has 9 heteroatoms. The molecule has 9 nitrogen and oxygen atoms in total. The van der Waals surface area contributed by atoms with Crippen LogP contribution in [-0.4, -0.2) is 56.4 Å². The maximum absolute atomic E-state index is 11.4. The van der Waals surface area contributed by atoms with Crippen molar-refractivity contribution in [3.8, 4) is 11.3 Å². The zero-order valence-corrected chi connectivity index (χ0v) is 19.2. The Labute approximate surface area is 197 Å². The molecule has 6 rings (SSSR count). The first kappa shape index (κ1) is 20.7. The quantitative estimate of drug-likeness (QED) is 0.457. The molecule has 4 aromatic rings. The van der Waals surface area contributed by atoms with Gasteiger partial charge in [0.1, 0.15) is 6.26 Å². The molecule has 0 aliphatic carbocycles. The summed E-state index contributed by atoms with van der Waals surface area (Å²) in [5.41, 5.74) is 9.66. The fraction of sp³-hybridized carbons (Fsp3) is 0.320. The van der Waals surface area contributed by atoms with Crippen molar-refractivity contribution in [3.63, 3.8) is 0 Å². The average Bonchev–Trinajstić information content (AvgIpc) is 3.63. The molecule has 34 heavy (non-hydrogen) atoms. The second kappa shape index (κ2) is 7.88. The van der Waals surface area contributed by atoms with Crippen molar-refractivity contribution in [2.45, 2.75) is 38.4 Å². The maximum Gasteiger partial charge on any atom is 0.284 e. The summed E-state index contributed by atoms with van der Waals surface area (Å²) >= 11 is 0. The summed E-state index contributed by atoms with van der Waals surface area (Å²) in [4.78, 5) is 25.6. The molecule has 0 spiro atoms. The van der Waals surface area contributed by atoms with Crippen molar-refractivity contribution >= 4 is 28.7 Å². The van der Waals surface area contributed by atoms with Crippen LogP contribution in [0.3, 0.4) is 0 Å². The summed E-state index contributed by atoms with van der Waals surface area (Å²) in [6.07, 6.45) is 8.04. The number of hydrogen-bond donors (Lipinski definition) is 2. The molecule has 174 valence electrons. The third-order valence-electron chi connectivity index (χ3n) is 6.97. The minimum atomic E-state index is -0.609. The smallest absolute Gasteiger partial charge is 0.284 e. The Bertz CT molecular complexity index is 1360. The summed E-state index contributed by atoms with van der Waals surface area (Å²) in [5.74, 6) is 0.142. The molecule has 2 bridgehead atoms. The standard InChI is InChI=1S/C25H27N7O2/c1-15(2)31-12-20-10-19(31)13-32(20)18-5-3-17(4-6-18)29-24-25-27-7-8-30(25)21(11-28-24)16-9-22(23(26)33)34-14-16/h3-9,11,14-15,19-20H,10,12-13H2,1-2H3,(H2,26,33)(H,28,29)/t19-,20+/m1/s1. The fourth-order valence-electron chi connectivity index (χ4n) is 5.34. The lowest BCUT2D eigenvalue weighted by Gasteiger charge is -2.37. The third kappa shape index (κ3) is 3.40. The first-order chi connectivity index (χ1) is 16.5. The van der Waals surface area contributed by atoms with Crippen LogP contribution in [0.25, 0.3) is 16.9 Å². The van der Waals surface area contributed by atoms with Gasteiger partial charge in [-0.2, -0.15) is 0 Å². The molecular formula is C25H27N7O2. The Balaban J connectivity index is 1.21. The van der Waals surface area contributed by atoms with Gasteiger partial charge in [0.25, 0.3) is 5.91 Å². The number of nitrogens with two attached hydrogens (primary N) is 1. The van der Waals surface area contributed by atoms with E-state index in [1.54, 1.807) is 18.5 Å². The van der Waals surface area contributed by atoms with Gasteiger partial charge in [-0.15, -0.1) is 0 Å². The molecular weight excluding hydrogens is 430 g/mol. The Kier molecular flexibility index (Phi) is 4.80. The van der Waals surface area contributed by atoms with Gasteiger partial charge in [-0.1, -0.05) is 0 Å². The van der Waals surface area contributed by atoms with Gasteiger partial charge >= 0.3 is 0 Å². The summed E-state index contributed by atoms with van der Waals surface area (Å²) in [6, 6.07) is 12.0. The molecule has 1 aromatic carbocycles. The SMILES string of the molecule is CC(C)N1C[C@@H]2C[C@@H]1CN2c1ccc(Nc2ncc(-c3coc(C(N)=O)c3)n3ccnc23)cc1. The number of nitrogens with zero attached hydrogens (tertiary/aromatic N) is 5. The van der Waals surface area contributed by atoms with E-state index in [1.807, 2.05) is 10.6 Å². The monoisotopic (exact) mass is 457 g/mol. The second-order valence-electron chi connectivity index (χ2n) is 9.33.